The lowest BCUT2D eigenvalue weighted by Gasteiger charge is -2.23. The molecular formula is C24H21ClF2O. The van der Waals surface area contributed by atoms with Gasteiger partial charge < -0.3 is 4.74 Å². The van der Waals surface area contributed by atoms with E-state index in [1.54, 1.807) is 36.4 Å². The first kappa shape index (κ1) is 20.1. The summed E-state index contributed by atoms with van der Waals surface area (Å²) in [6, 6.07) is 20.7. The highest BCUT2D eigenvalue weighted by atomic mass is 35.5. The molecule has 3 aromatic rings. The van der Waals surface area contributed by atoms with Crippen molar-refractivity contribution in [3.63, 3.8) is 0 Å². The average molecular weight is 399 g/mol. The van der Waals surface area contributed by atoms with Gasteiger partial charge in [0, 0.05) is 10.4 Å². The van der Waals surface area contributed by atoms with Gasteiger partial charge in [-0.25, -0.2) is 8.78 Å². The zero-order valence-corrected chi connectivity index (χ0v) is 16.5. The largest absolute Gasteiger partial charge is 0.454 e. The Hall–Kier alpha value is -2.65. The van der Waals surface area contributed by atoms with Crippen LogP contribution in [0.2, 0.25) is 5.02 Å². The molecule has 0 aliphatic heterocycles. The first-order valence-corrected chi connectivity index (χ1v) is 9.37. The quantitative estimate of drug-likeness (QED) is 0.414. The maximum atomic E-state index is 14.9. The molecule has 0 radical (unpaired) electrons. The number of benzene rings is 3. The van der Waals surface area contributed by atoms with Crippen LogP contribution in [0.15, 0.2) is 84.7 Å². The van der Waals surface area contributed by atoms with Crippen molar-refractivity contribution in [3.05, 3.63) is 107 Å². The fraction of sp³-hybridized carbons (Fsp3) is 0.167. The van der Waals surface area contributed by atoms with Crippen molar-refractivity contribution < 1.29 is 13.5 Å². The highest BCUT2D eigenvalue weighted by molar-refractivity contribution is 6.30. The van der Waals surface area contributed by atoms with Gasteiger partial charge in [-0.3, -0.25) is 0 Å². The first-order valence-electron chi connectivity index (χ1n) is 9.00. The van der Waals surface area contributed by atoms with Gasteiger partial charge in [-0.1, -0.05) is 48.0 Å². The highest BCUT2D eigenvalue weighted by Crippen LogP contribution is 2.33. The molecular weight excluding hydrogens is 378 g/mol. The van der Waals surface area contributed by atoms with Crippen molar-refractivity contribution in [2.24, 2.45) is 0 Å². The molecule has 0 atom stereocenters. The van der Waals surface area contributed by atoms with Crippen molar-refractivity contribution in [3.8, 4) is 11.5 Å². The molecule has 0 N–H and O–H groups in total. The van der Waals surface area contributed by atoms with Gasteiger partial charge in [-0.15, -0.1) is 0 Å². The molecule has 0 saturated heterocycles. The van der Waals surface area contributed by atoms with Crippen LogP contribution in [-0.2, 0) is 11.8 Å². The van der Waals surface area contributed by atoms with Crippen LogP contribution in [0.25, 0.3) is 0 Å². The van der Waals surface area contributed by atoms with Crippen LogP contribution in [0.4, 0.5) is 8.78 Å². The molecule has 0 fully saturated rings. The number of allylic oxidation sites excluding steroid dienone is 2. The van der Waals surface area contributed by atoms with Gasteiger partial charge in [0.2, 0.25) is 0 Å². The molecule has 0 amide bonds. The van der Waals surface area contributed by atoms with E-state index >= 15 is 0 Å². The minimum atomic E-state index is -0.784. The second-order valence-corrected chi connectivity index (χ2v) is 7.50. The van der Waals surface area contributed by atoms with Crippen molar-refractivity contribution in [1.82, 2.24) is 0 Å². The Bertz CT molecular complexity index is 964. The van der Waals surface area contributed by atoms with Crippen LogP contribution < -0.4 is 4.74 Å². The maximum absolute atomic E-state index is 14.9. The Morgan fingerprint density at radius 1 is 1.00 bits per heavy atom. The van der Waals surface area contributed by atoms with Crippen molar-refractivity contribution >= 4 is 11.6 Å². The first-order chi connectivity index (χ1) is 13.4. The van der Waals surface area contributed by atoms with E-state index in [1.165, 1.54) is 12.1 Å². The van der Waals surface area contributed by atoms with Crippen LogP contribution in [0.5, 0.6) is 11.5 Å². The Balaban J connectivity index is 1.77. The molecule has 4 heteroatoms. The molecule has 0 spiro atoms. The zero-order chi connectivity index (χ0) is 20.1. The van der Waals surface area contributed by atoms with Crippen molar-refractivity contribution in [2.75, 3.05) is 0 Å². The maximum Gasteiger partial charge on any atom is 0.165 e. The number of rotatable bonds is 6. The van der Waals surface area contributed by atoms with Crippen LogP contribution in [0.3, 0.4) is 0 Å². The summed E-state index contributed by atoms with van der Waals surface area (Å²) in [5.74, 6) is -0.0539. The summed E-state index contributed by atoms with van der Waals surface area (Å²) < 4.78 is 34.6. The number of halogens is 3. The molecule has 3 rings (SSSR count). The Morgan fingerprint density at radius 2 is 1.68 bits per heavy atom. The number of para-hydroxylation sites is 1. The predicted molar refractivity (Wildman–Crippen MR) is 110 cm³/mol. The molecule has 0 bridgehead atoms. The Morgan fingerprint density at radius 3 is 2.36 bits per heavy atom. The van der Waals surface area contributed by atoms with Gasteiger partial charge in [0.05, 0.1) is 0 Å². The van der Waals surface area contributed by atoms with Crippen LogP contribution in [-0.4, -0.2) is 0 Å². The molecule has 1 nitrogen and oxygen atoms in total. The normalized spacial score (nSPS) is 12.1. The lowest BCUT2D eigenvalue weighted by Crippen LogP contribution is -2.18. The SMILES string of the molecule is CC(C)(/C(F)=C/Cc1ccc(F)c(Oc2ccccc2)c1)c1ccc(Cl)cc1. The summed E-state index contributed by atoms with van der Waals surface area (Å²) in [7, 11) is 0. The second-order valence-electron chi connectivity index (χ2n) is 7.07. The van der Waals surface area contributed by atoms with E-state index in [9.17, 15) is 8.78 Å². The smallest absolute Gasteiger partial charge is 0.165 e. The molecule has 0 aliphatic rings. The summed E-state index contributed by atoms with van der Waals surface area (Å²) in [6.07, 6.45) is 1.85. The second kappa shape index (κ2) is 8.57. The fourth-order valence-electron chi connectivity index (χ4n) is 2.84. The van der Waals surface area contributed by atoms with Gasteiger partial charge in [0.15, 0.2) is 11.6 Å². The minimum Gasteiger partial charge on any atom is -0.454 e. The minimum absolute atomic E-state index is 0.120. The monoisotopic (exact) mass is 398 g/mol. The molecule has 0 aliphatic carbocycles. The van der Waals surface area contributed by atoms with Crippen LogP contribution in [0, 0.1) is 5.82 Å². The summed E-state index contributed by atoms with van der Waals surface area (Å²) >= 11 is 5.92. The van der Waals surface area contributed by atoms with E-state index in [0.717, 1.165) is 11.1 Å². The van der Waals surface area contributed by atoms with E-state index in [1.807, 2.05) is 44.2 Å². The van der Waals surface area contributed by atoms with Crippen LogP contribution >= 0.6 is 11.6 Å². The fourth-order valence-corrected chi connectivity index (χ4v) is 2.96. The Kier molecular flexibility index (Phi) is 6.15. The third-order valence-electron chi connectivity index (χ3n) is 4.65. The van der Waals surface area contributed by atoms with Gasteiger partial charge in [0.1, 0.15) is 11.6 Å². The summed E-state index contributed by atoms with van der Waals surface area (Å²) in [4.78, 5) is 0. The molecule has 0 heterocycles. The van der Waals surface area contributed by atoms with E-state index in [4.69, 9.17) is 16.3 Å². The topological polar surface area (TPSA) is 9.23 Å². The third kappa shape index (κ3) is 4.79. The number of hydrogen-bond donors (Lipinski definition) is 0. The predicted octanol–water partition coefficient (Wildman–Crippen LogP) is 7.65. The lowest BCUT2D eigenvalue weighted by molar-refractivity contribution is 0.441. The number of hydrogen-bond acceptors (Lipinski definition) is 1. The van der Waals surface area contributed by atoms with Crippen molar-refractivity contribution in [2.45, 2.75) is 25.7 Å². The Labute approximate surface area is 169 Å². The molecule has 3 aromatic carbocycles. The summed E-state index contributed by atoms with van der Waals surface area (Å²) in [5, 5.41) is 0.612. The van der Waals surface area contributed by atoms with E-state index in [0.29, 0.717) is 17.2 Å². The van der Waals surface area contributed by atoms with Gasteiger partial charge >= 0.3 is 0 Å². The van der Waals surface area contributed by atoms with E-state index in [2.05, 4.69) is 0 Å². The third-order valence-corrected chi connectivity index (χ3v) is 4.90. The van der Waals surface area contributed by atoms with Crippen LogP contribution in [0.1, 0.15) is 25.0 Å². The standard InChI is InChI=1S/C24H21ClF2O/c1-24(2,18-10-12-19(25)13-11-18)23(27)15-9-17-8-14-21(26)22(16-17)28-20-6-4-3-5-7-20/h3-8,10-16H,9H2,1-2H3/b23-15-. The summed E-state index contributed by atoms with van der Waals surface area (Å²) in [5.41, 5.74) is 0.806. The highest BCUT2D eigenvalue weighted by Gasteiger charge is 2.26. The number of ether oxygens (including phenoxy) is 1. The molecule has 28 heavy (non-hydrogen) atoms. The van der Waals surface area contributed by atoms with Gasteiger partial charge in [-0.2, -0.15) is 0 Å². The molecule has 0 saturated carbocycles. The summed E-state index contributed by atoms with van der Waals surface area (Å²) in [6.45, 7) is 3.63. The van der Waals surface area contributed by atoms with E-state index in [-0.39, 0.29) is 11.6 Å². The molecule has 144 valence electrons. The zero-order valence-electron chi connectivity index (χ0n) is 15.8. The average Bonchev–Trinajstić information content (AvgIpc) is 2.69. The lowest BCUT2D eigenvalue weighted by atomic mass is 9.83. The molecule has 0 aromatic heterocycles. The van der Waals surface area contributed by atoms with Crippen molar-refractivity contribution in [1.29, 1.82) is 0 Å². The van der Waals surface area contributed by atoms with Gasteiger partial charge in [-0.05, 0) is 73.9 Å². The van der Waals surface area contributed by atoms with E-state index < -0.39 is 11.2 Å². The van der Waals surface area contributed by atoms with Gasteiger partial charge in [0.25, 0.3) is 0 Å². The molecule has 0 unspecified atom stereocenters.